The van der Waals surface area contributed by atoms with Crippen molar-refractivity contribution in [3.8, 4) is 11.5 Å². The largest absolute Gasteiger partial charge is 0.495 e. The van der Waals surface area contributed by atoms with Crippen LogP contribution in [0.2, 0.25) is 0 Å². The smallest absolute Gasteiger partial charge is 0.192 e. The number of hydrogen-bond donors (Lipinski definition) is 0. The molecule has 1 aromatic carbocycles. The summed E-state index contributed by atoms with van der Waals surface area (Å²) in [7, 11) is 3.07. The summed E-state index contributed by atoms with van der Waals surface area (Å²) in [6, 6.07) is 3.38. The first-order valence-corrected chi connectivity index (χ1v) is 5.96. The third-order valence-electron chi connectivity index (χ3n) is 2.22. The van der Waals surface area contributed by atoms with Crippen molar-refractivity contribution < 1.29 is 19.0 Å². The number of benzene rings is 1. The van der Waals surface area contributed by atoms with Gasteiger partial charge in [0.1, 0.15) is 22.6 Å². The number of ketones is 1. The standard InChI is InChI=1S/C12H15BrO4/c1-4-17-7-9(14)8-5-6-10(15-2)11(13)12(8)16-3/h5-6H,4,7H2,1-3H3. The van der Waals surface area contributed by atoms with Crippen molar-refractivity contribution in [2.45, 2.75) is 6.92 Å². The Morgan fingerprint density at radius 2 is 2.00 bits per heavy atom. The lowest BCUT2D eigenvalue weighted by Crippen LogP contribution is -2.10. The first-order valence-electron chi connectivity index (χ1n) is 5.17. The maximum Gasteiger partial charge on any atom is 0.192 e. The van der Waals surface area contributed by atoms with E-state index in [0.29, 0.717) is 28.1 Å². The van der Waals surface area contributed by atoms with Crippen molar-refractivity contribution in [2.75, 3.05) is 27.4 Å². The Morgan fingerprint density at radius 3 is 2.53 bits per heavy atom. The Balaban J connectivity index is 3.07. The fourth-order valence-electron chi connectivity index (χ4n) is 1.39. The quantitative estimate of drug-likeness (QED) is 0.758. The monoisotopic (exact) mass is 302 g/mol. The first kappa shape index (κ1) is 14.0. The van der Waals surface area contributed by atoms with Gasteiger partial charge in [-0.25, -0.2) is 0 Å². The highest BCUT2D eigenvalue weighted by molar-refractivity contribution is 9.10. The zero-order valence-electron chi connectivity index (χ0n) is 10.1. The Morgan fingerprint density at radius 1 is 1.29 bits per heavy atom. The second-order valence-electron chi connectivity index (χ2n) is 3.22. The predicted octanol–water partition coefficient (Wildman–Crippen LogP) is 2.69. The van der Waals surface area contributed by atoms with Gasteiger partial charge in [-0.2, -0.15) is 0 Å². The molecule has 0 aromatic heterocycles. The van der Waals surface area contributed by atoms with Crippen molar-refractivity contribution in [2.24, 2.45) is 0 Å². The number of methoxy groups -OCH3 is 2. The number of Topliss-reactive ketones (excluding diaryl/α,β-unsaturated/α-hetero) is 1. The molecule has 5 heteroatoms. The molecule has 0 fully saturated rings. The molecule has 4 nitrogen and oxygen atoms in total. The van der Waals surface area contributed by atoms with Gasteiger partial charge in [0.05, 0.1) is 19.8 Å². The number of rotatable bonds is 6. The van der Waals surface area contributed by atoms with E-state index in [2.05, 4.69) is 15.9 Å². The molecule has 0 spiro atoms. The molecule has 0 N–H and O–H groups in total. The van der Waals surface area contributed by atoms with Crippen molar-refractivity contribution in [1.29, 1.82) is 0 Å². The molecule has 0 heterocycles. The number of carbonyl (C=O) groups is 1. The molecule has 94 valence electrons. The number of ether oxygens (including phenoxy) is 3. The molecule has 0 saturated carbocycles. The van der Waals surface area contributed by atoms with Gasteiger partial charge in [0, 0.05) is 6.61 Å². The molecule has 1 rings (SSSR count). The summed E-state index contributed by atoms with van der Waals surface area (Å²) in [5.74, 6) is 0.968. The summed E-state index contributed by atoms with van der Waals surface area (Å²) in [5.41, 5.74) is 0.480. The van der Waals surface area contributed by atoms with Crippen LogP contribution in [-0.4, -0.2) is 33.2 Å². The van der Waals surface area contributed by atoms with Crippen LogP contribution >= 0.6 is 15.9 Å². The fourth-order valence-corrected chi connectivity index (χ4v) is 2.06. The molecule has 0 aliphatic rings. The van der Waals surface area contributed by atoms with Crippen LogP contribution in [0.4, 0.5) is 0 Å². The second-order valence-corrected chi connectivity index (χ2v) is 4.02. The van der Waals surface area contributed by atoms with Gasteiger partial charge in [-0.3, -0.25) is 4.79 Å². The average molecular weight is 303 g/mol. The Bertz CT molecular complexity index is 404. The lowest BCUT2D eigenvalue weighted by molar-refractivity contribution is 0.0780. The second kappa shape index (κ2) is 6.61. The third-order valence-corrected chi connectivity index (χ3v) is 2.97. The Labute approximate surface area is 109 Å². The molecule has 1 aromatic rings. The summed E-state index contributed by atoms with van der Waals surface area (Å²) in [6.45, 7) is 2.39. The maximum absolute atomic E-state index is 11.9. The lowest BCUT2D eigenvalue weighted by atomic mass is 10.1. The minimum Gasteiger partial charge on any atom is -0.495 e. The molecule has 0 atom stereocenters. The highest BCUT2D eigenvalue weighted by Gasteiger charge is 2.17. The van der Waals surface area contributed by atoms with Gasteiger partial charge in [0.2, 0.25) is 0 Å². The van der Waals surface area contributed by atoms with Gasteiger partial charge < -0.3 is 14.2 Å². The minimum atomic E-state index is -0.118. The molecular weight excluding hydrogens is 288 g/mol. The number of carbonyl (C=O) groups excluding carboxylic acids is 1. The van der Waals surface area contributed by atoms with Crippen molar-refractivity contribution in [3.63, 3.8) is 0 Å². The van der Waals surface area contributed by atoms with Crippen LogP contribution in [0.5, 0.6) is 11.5 Å². The summed E-state index contributed by atoms with van der Waals surface area (Å²) < 4.78 is 16.1. The maximum atomic E-state index is 11.9. The molecule has 0 bridgehead atoms. The molecule has 0 aliphatic heterocycles. The zero-order valence-corrected chi connectivity index (χ0v) is 11.7. The Kier molecular flexibility index (Phi) is 5.44. The van der Waals surface area contributed by atoms with Crippen molar-refractivity contribution in [1.82, 2.24) is 0 Å². The average Bonchev–Trinajstić information content (AvgIpc) is 2.35. The Hall–Kier alpha value is -1.07. The lowest BCUT2D eigenvalue weighted by Gasteiger charge is -2.12. The zero-order chi connectivity index (χ0) is 12.8. The third kappa shape index (κ3) is 3.20. The highest BCUT2D eigenvalue weighted by Crippen LogP contribution is 2.37. The summed E-state index contributed by atoms with van der Waals surface area (Å²) >= 11 is 3.35. The number of hydrogen-bond acceptors (Lipinski definition) is 4. The van der Waals surface area contributed by atoms with Crippen LogP contribution in [0.25, 0.3) is 0 Å². The van der Waals surface area contributed by atoms with Gasteiger partial charge >= 0.3 is 0 Å². The molecule has 0 aliphatic carbocycles. The van der Waals surface area contributed by atoms with E-state index in [1.165, 1.54) is 7.11 Å². The molecule has 0 unspecified atom stereocenters. The van der Waals surface area contributed by atoms with Crippen LogP contribution in [-0.2, 0) is 4.74 Å². The van der Waals surface area contributed by atoms with Gasteiger partial charge in [-0.15, -0.1) is 0 Å². The van der Waals surface area contributed by atoms with E-state index in [1.807, 2.05) is 6.92 Å². The van der Waals surface area contributed by atoms with Crippen LogP contribution < -0.4 is 9.47 Å². The van der Waals surface area contributed by atoms with Gasteiger partial charge in [0.15, 0.2) is 5.78 Å². The van der Waals surface area contributed by atoms with E-state index in [4.69, 9.17) is 14.2 Å². The highest BCUT2D eigenvalue weighted by atomic mass is 79.9. The molecule has 0 saturated heterocycles. The van der Waals surface area contributed by atoms with Crippen LogP contribution in [0.15, 0.2) is 16.6 Å². The summed E-state index contributed by atoms with van der Waals surface area (Å²) in [6.07, 6.45) is 0. The fraction of sp³-hybridized carbons (Fsp3) is 0.417. The van der Waals surface area contributed by atoms with Crippen LogP contribution in [0.3, 0.4) is 0 Å². The van der Waals surface area contributed by atoms with Crippen molar-refractivity contribution in [3.05, 3.63) is 22.2 Å². The molecule has 0 amide bonds. The van der Waals surface area contributed by atoms with Crippen LogP contribution in [0, 0.1) is 0 Å². The topological polar surface area (TPSA) is 44.8 Å². The number of halogens is 1. The van der Waals surface area contributed by atoms with Crippen molar-refractivity contribution >= 4 is 21.7 Å². The first-order chi connectivity index (χ1) is 8.15. The minimum absolute atomic E-state index is 0.0473. The molecular formula is C12H15BrO4. The summed E-state index contributed by atoms with van der Waals surface area (Å²) in [4.78, 5) is 11.9. The van der Waals surface area contributed by atoms with E-state index in [9.17, 15) is 4.79 Å². The summed E-state index contributed by atoms with van der Waals surface area (Å²) in [5, 5.41) is 0. The van der Waals surface area contributed by atoms with Gasteiger partial charge in [-0.05, 0) is 35.0 Å². The van der Waals surface area contributed by atoms with Crippen LogP contribution in [0.1, 0.15) is 17.3 Å². The van der Waals surface area contributed by atoms with Gasteiger partial charge in [0.25, 0.3) is 0 Å². The normalized spacial score (nSPS) is 10.1. The van der Waals surface area contributed by atoms with E-state index in [0.717, 1.165) is 0 Å². The van der Waals surface area contributed by atoms with E-state index >= 15 is 0 Å². The van der Waals surface area contributed by atoms with Gasteiger partial charge in [-0.1, -0.05) is 0 Å². The SMILES string of the molecule is CCOCC(=O)c1ccc(OC)c(Br)c1OC. The predicted molar refractivity (Wildman–Crippen MR) is 68.1 cm³/mol. The van der Waals surface area contributed by atoms with E-state index in [-0.39, 0.29) is 12.4 Å². The van der Waals surface area contributed by atoms with E-state index in [1.54, 1.807) is 19.2 Å². The van der Waals surface area contributed by atoms with E-state index < -0.39 is 0 Å². The molecule has 17 heavy (non-hydrogen) atoms. The molecule has 0 radical (unpaired) electrons.